The molecular weight excluding hydrogens is 1110 g/mol. The third-order valence-corrected chi connectivity index (χ3v) is 19.8. The minimum atomic E-state index is -1.55. The lowest BCUT2D eigenvalue weighted by atomic mass is 9.99. The minimum absolute atomic E-state index is 0.132. The number of aliphatic hydroxyl groups is 5. The van der Waals surface area contributed by atoms with Gasteiger partial charge in [-0.15, -0.1) is 0 Å². The average Bonchev–Trinajstić information content (AvgIpc) is 1.28. The fourth-order valence-corrected chi connectivity index (χ4v) is 13.5. The zero-order valence-corrected chi connectivity index (χ0v) is 60.2. The molecule has 0 spiro atoms. The molecule has 0 aromatic heterocycles. The van der Waals surface area contributed by atoms with E-state index in [1.54, 1.807) is 0 Å². The highest BCUT2D eigenvalue weighted by atomic mass is 16.7. The van der Waals surface area contributed by atoms with Crippen molar-refractivity contribution in [2.75, 3.05) is 13.2 Å². The first-order valence-electron chi connectivity index (χ1n) is 40.5. The number of aliphatic hydroxyl groups excluding tert-OH is 5. The van der Waals surface area contributed by atoms with Crippen LogP contribution in [-0.4, -0.2) is 87.5 Å². The molecule has 0 aromatic rings. The molecule has 7 atom stereocenters. The quantitative estimate of drug-likeness (QED) is 0.0261. The molecule has 90 heavy (non-hydrogen) atoms. The number of amides is 1. The predicted molar refractivity (Wildman–Crippen MR) is 387 cm³/mol. The fraction of sp³-hybridized carbons (Fsp3) is 0.938. The molecular formula is C81H157NO8. The molecule has 1 amide bonds. The summed E-state index contributed by atoms with van der Waals surface area (Å²) in [4.78, 5) is 13.2. The Kier molecular flexibility index (Phi) is 67.9. The smallest absolute Gasteiger partial charge is 0.220 e. The van der Waals surface area contributed by atoms with Crippen LogP contribution in [0.25, 0.3) is 0 Å². The zero-order chi connectivity index (χ0) is 64.9. The summed E-state index contributed by atoms with van der Waals surface area (Å²) in [6.45, 7) is 3.90. The van der Waals surface area contributed by atoms with Gasteiger partial charge in [-0.3, -0.25) is 4.79 Å². The second-order valence-corrected chi connectivity index (χ2v) is 28.6. The third-order valence-electron chi connectivity index (χ3n) is 19.8. The van der Waals surface area contributed by atoms with E-state index in [0.717, 1.165) is 44.9 Å². The number of carbonyl (C=O) groups is 1. The maximum absolute atomic E-state index is 13.2. The van der Waals surface area contributed by atoms with Gasteiger partial charge >= 0.3 is 0 Å². The molecule has 534 valence electrons. The van der Waals surface area contributed by atoms with Crippen molar-refractivity contribution in [2.45, 2.75) is 474 Å². The maximum atomic E-state index is 13.2. The fourth-order valence-electron chi connectivity index (χ4n) is 13.5. The summed E-state index contributed by atoms with van der Waals surface area (Å²) in [5, 5.41) is 55.1. The van der Waals surface area contributed by atoms with Crippen molar-refractivity contribution in [2.24, 2.45) is 0 Å². The molecule has 1 aliphatic heterocycles. The van der Waals surface area contributed by atoms with Crippen LogP contribution in [0.2, 0.25) is 0 Å². The van der Waals surface area contributed by atoms with E-state index in [-0.39, 0.29) is 12.5 Å². The number of ether oxygens (including phenoxy) is 2. The lowest BCUT2D eigenvalue weighted by Gasteiger charge is -2.40. The first-order valence-corrected chi connectivity index (χ1v) is 40.5. The van der Waals surface area contributed by atoms with Crippen molar-refractivity contribution in [1.82, 2.24) is 5.32 Å². The first kappa shape index (κ1) is 86.7. The van der Waals surface area contributed by atoms with Crippen LogP contribution in [0, 0.1) is 0 Å². The monoisotopic (exact) mass is 1270 g/mol. The van der Waals surface area contributed by atoms with Gasteiger partial charge in [0.15, 0.2) is 6.29 Å². The van der Waals surface area contributed by atoms with Gasteiger partial charge in [-0.2, -0.15) is 0 Å². The molecule has 9 nitrogen and oxygen atoms in total. The molecule has 1 aliphatic rings. The summed E-state index contributed by atoms with van der Waals surface area (Å²) < 4.78 is 11.4. The first-order chi connectivity index (χ1) is 44.3. The second-order valence-electron chi connectivity index (χ2n) is 28.6. The molecule has 0 radical (unpaired) electrons. The van der Waals surface area contributed by atoms with E-state index in [1.807, 2.05) is 0 Å². The number of hydrogen-bond donors (Lipinski definition) is 6. The van der Waals surface area contributed by atoms with Gasteiger partial charge in [0.1, 0.15) is 24.4 Å². The second kappa shape index (κ2) is 70.5. The molecule has 6 N–H and O–H groups in total. The minimum Gasteiger partial charge on any atom is -0.394 e. The Bertz CT molecular complexity index is 1480. The van der Waals surface area contributed by atoms with E-state index in [4.69, 9.17) is 9.47 Å². The van der Waals surface area contributed by atoms with Gasteiger partial charge in [0, 0.05) is 6.42 Å². The summed E-state index contributed by atoms with van der Waals surface area (Å²) in [5.41, 5.74) is 0. The Balaban J connectivity index is 2.01. The van der Waals surface area contributed by atoms with Gasteiger partial charge < -0.3 is 40.3 Å². The standard InChI is InChI=1S/C81H157NO8/c1-3-5-7-9-11-13-15-17-19-21-23-25-27-29-31-32-33-34-35-36-37-38-39-40-41-42-43-44-45-47-49-51-53-55-57-59-61-63-65-67-69-71-77(85)82-74(73-89-81-80(88)79(87)78(86)76(72-83)90-81)75(84)70-68-66-64-62-60-58-56-54-52-50-48-46-30-28-26-24-22-20-18-16-14-12-10-8-6-4-2/h15,17,21,23,74-76,78-81,83-84,86-88H,3-14,16,18-20,22,24-73H2,1-2H3,(H,82,85)/b17-15-,23-21-. The van der Waals surface area contributed by atoms with E-state index in [1.165, 1.54) is 360 Å². The molecule has 9 heteroatoms. The Labute approximate surface area is 559 Å². The van der Waals surface area contributed by atoms with E-state index < -0.39 is 49.5 Å². The highest BCUT2D eigenvalue weighted by Crippen LogP contribution is 2.24. The summed E-state index contributed by atoms with van der Waals surface area (Å²) in [6.07, 6.45) is 87.3. The lowest BCUT2D eigenvalue weighted by Crippen LogP contribution is -2.60. The van der Waals surface area contributed by atoms with Crippen LogP contribution in [0.4, 0.5) is 0 Å². The van der Waals surface area contributed by atoms with Crippen LogP contribution in [0.3, 0.4) is 0 Å². The third kappa shape index (κ3) is 58.1. The van der Waals surface area contributed by atoms with Crippen molar-refractivity contribution < 1.29 is 39.8 Å². The van der Waals surface area contributed by atoms with E-state index in [0.29, 0.717) is 12.8 Å². The largest absolute Gasteiger partial charge is 0.394 e. The SMILES string of the molecule is CCCCCCC/C=C\C/C=C\CCCCCCCCCCCCCCCCCCCCCCCCCCCCCCCC(=O)NC(COC1OC(CO)C(O)C(O)C1O)C(O)CCCCCCCCCCCCCCCCCCCCCCCCCCCC. The highest BCUT2D eigenvalue weighted by molar-refractivity contribution is 5.76. The molecule has 0 bridgehead atoms. The number of rotatable bonds is 73. The molecule has 1 saturated heterocycles. The number of hydrogen-bond acceptors (Lipinski definition) is 8. The van der Waals surface area contributed by atoms with Gasteiger partial charge in [0.05, 0.1) is 25.4 Å². The number of nitrogens with one attached hydrogen (secondary N) is 1. The molecule has 1 rings (SSSR count). The molecule has 0 aliphatic carbocycles. The number of unbranched alkanes of at least 4 members (excludes halogenated alkanes) is 59. The van der Waals surface area contributed by atoms with E-state index in [9.17, 15) is 30.3 Å². The summed E-state index contributed by atoms with van der Waals surface area (Å²) in [7, 11) is 0. The van der Waals surface area contributed by atoms with Gasteiger partial charge in [0.2, 0.25) is 5.91 Å². The van der Waals surface area contributed by atoms with Crippen LogP contribution in [0.1, 0.15) is 431 Å². The van der Waals surface area contributed by atoms with Crippen molar-refractivity contribution in [3.05, 3.63) is 24.3 Å². The van der Waals surface area contributed by atoms with Gasteiger partial charge in [-0.05, 0) is 44.9 Å². The summed E-state index contributed by atoms with van der Waals surface area (Å²) >= 11 is 0. The Morgan fingerprint density at radius 3 is 0.956 bits per heavy atom. The molecule has 1 heterocycles. The Morgan fingerprint density at radius 1 is 0.378 bits per heavy atom. The molecule has 1 fully saturated rings. The average molecular weight is 1270 g/mol. The van der Waals surface area contributed by atoms with E-state index in [2.05, 4.69) is 43.5 Å². The van der Waals surface area contributed by atoms with Crippen molar-refractivity contribution in [1.29, 1.82) is 0 Å². The topological polar surface area (TPSA) is 149 Å². The number of allylic oxidation sites excluding steroid dienone is 4. The van der Waals surface area contributed by atoms with Crippen LogP contribution in [0.15, 0.2) is 24.3 Å². The molecule has 0 saturated carbocycles. The molecule has 0 aromatic carbocycles. The molecule has 7 unspecified atom stereocenters. The summed E-state index contributed by atoms with van der Waals surface area (Å²) in [6, 6.07) is -0.718. The summed E-state index contributed by atoms with van der Waals surface area (Å²) in [5.74, 6) is -0.133. The van der Waals surface area contributed by atoms with Crippen molar-refractivity contribution in [3.63, 3.8) is 0 Å². The van der Waals surface area contributed by atoms with Crippen molar-refractivity contribution >= 4 is 5.91 Å². The van der Waals surface area contributed by atoms with Gasteiger partial charge in [-0.1, -0.05) is 404 Å². The Morgan fingerprint density at radius 2 is 0.656 bits per heavy atom. The Hall–Kier alpha value is -1.33. The predicted octanol–water partition coefficient (Wildman–Crippen LogP) is 23.2. The van der Waals surface area contributed by atoms with Gasteiger partial charge in [0.25, 0.3) is 0 Å². The number of carbonyl (C=O) groups excluding carboxylic acids is 1. The van der Waals surface area contributed by atoms with Crippen LogP contribution < -0.4 is 5.32 Å². The van der Waals surface area contributed by atoms with Crippen LogP contribution in [-0.2, 0) is 14.3 Å². The zero-order valence-electron chi connectivity index (χ0n) is 60.2. The van der Waals surface area contributed by atoms with E-state index >= 15 is 0 Å². The van der Waals surface area contributed by atoms with Crippen LogP contribution in [0.5, 0.6) is 0 Å². The van der Waals surface area contributed by atoms with Crippen molar-refractivity contribution in [3.8, 4) is 0 Å². The maximum Gasteiger partial charge on any atom is 0.220 e. The highest BCUT2D eigenvalue weighted by Gasteiger charge is 2.44. The van der Waals surface area contributed by atoms with Gasteiger partial charge in [-0.25, -0.2) is 0 Å². The lowest BCUT2D eigenvalue weighted by molar-refractivity contribution is -0.302. The normalized spacial score (nSPS) is 17.8. The van der Waals surface area contributed by atoms with Crippen LogP contribution >= 0.6 is 0 Å².